The molecule has 34 nitrogen and oxygen atoms in total. The number of primary amides is 1. The van der Waals surface area contributed by atoms with Crippen molar-refractivity contribution in [3.63, 3.8) is 0 Å². The Balaban J connectivity index is 0.763. The van der Waals surface area contributed by atoms with Gasteiger partial charge in [0.2, 0.25) is 52.6 Å². The van der Waals surface area contributed by atoms with Crippen LogP contribution in [0.5, 0.6) is 5.75 Å². The Bertz CT molecular complexity index is 4010. The molecule has 6 aromatic rings. The standard InChI is InChI=1S/C58H70F6N16O18P2S/c1-5-8-32-47(43(64)55(96-32)80-27-72-45-49(65)68-24-70-51(45)80)98-99(88)94-23-33-34(100(89,90)101)21-36(95-33)79-26-73-46-50(69-25-71-52(46)79)77-57(86)92-20-17-78(4)58(87)93-22-29-10-12-30(13-11-29)74-53(83)31(9-6-7-16-67-56(66)85)75-54(84)44(28(2)3)76-35(81)14-18-91-19-15-37(82)97-48-41(62)39(60)38(59)40(61)42(48)63/h10-13,24-28,31-34,36,43-44,47,55H,5-9,14-23H2,1-4H3,(H10-,65,66,67,68,69,70,71,74,75,76,77,81,83,84,85,86,89,90,101)/p+1/t31-,32+,33?,34-,36+,43+,44-,47+,55+/m0/s1. The number of unbranched alkanes of at least 4 members (excludes halogenated alkanes) is 1. The zero-order valence-corrected chi connectivity index (χ0v) is 56.8. The van der Waals surface area contributed by atoms with Crippen molar-refractivity contribution >= 4 is 108 Å². The minimum absolute atomic E-state index is 0.0572. The summed E-state index contributed by atoms with van der Waals surface area (Å²) < 4.78 is 144. The van der Waals surface area contributed by atoms with E-state index in [2.05, 4.69) is 61.2 Å². The number of ether oxygens (including phenoxy) is 6. The fraction of sp³-hybridized carbons (Fsp3) is 0.500. The normalized spacial score (nSPS) is 19.0. The van der Waals surface area contributed by atoms with Crippen LogP contribution in [0.4, 0.5) is 58.0 Å². The second-order valence-corrected chi connectivity index (χ2v) is 27.5. The first kappa shape index (κ1) is 77.8. The van der Waals surface area contributed by atoms with Crippen molar-refractivity contribution in [1.29, 1.82) is 0 Å². The third-order valence-electron chi connectivity index (χ3n) is 15.6. The fourth-order valence-electron chi connectivity index (χ4n) is 10.4. The van der Waals surface area contributed by atoms with Crippen molar-refractivity contribution in [1.82, 2.24) is 59.9 Å². The van der Waals surface area contributed by atoms with Crippen molar-refractivity contribution < 1.29 is 112 Å². The van der Waals surface area contributed by atoms with Crippen molar-refractivity contribution in [3.8, 4) is 5.75 Å². The summed E-state index contributed by atoms with van der Waals surface area (Å²) >= 11 is 5.10. The number of carbonyl (C=O) groups excluding carboxylic acids is 7. The van der Waals surface area contributed by atoms with Gasteiger partial charge in [-0.3, -0.25) is 33.6 Å². The zero-order chi connectivity index (χ0) is 73.4. The van der Waals surface area contributed by atoms with E-state index in [1.807, 2.05) is 6.92 Å². The number of benzene rings is 2. The Kier molecular flexibility index (Phi) is 27.4. The topological polar surface area (TPSA) is 453 Å². The van der Waals surface area contributed by atoms with Crippen molar-refractivity contribution in [3.05, 3.63) is 84.2 Å². The number of alkyl halides is 1. The zero-order valence-electron chi connectivity index (χ0n) is 54.2. The molecule has 0 aliphatic carbocycles. The van der Waals surface area contributed by atoms with Crippen LogP contribution in [0.2, 0.25) is 0 Å². The molecule has 101 heavy (non-hydrogen) atoms. The number of amides is 7. The molecule has 2 saturated heterocycles. The number of hydrogen-bond donors (Lipinski definition) is 9. The van der Waals surface area contributed by atoms with Gasteiger partial charge in [-0.25, -0.2) is 61.8 Å². The highest BCUT2D eigenvalue weighted by Gasteiger charge is 2.53. The Morgan fingerprint density at radius 3 is 2.17 bits per heavy atom. The average Bonchev–Trinajstić information content (AvgIpc) is 1.66. The molecule has 8 rings (SSSR count). The lowest BCUT2D eigenvalue weighted by Crippen LogP contribution is -2.54. The maximum Gasteiger partial charge on any atom is 0.697 e. The highest BCUT2D eigenvalue weighted by atomic mass is 32.5. The molecule has 43 heteroatoms. The number of carbonyl (C=O) groups is 7. The second kappa shape index (κ2) is 35.6. The lowest BCUT2D eigenvalue weighted by molar-refractivity contribution is -0.136. The van der Waals surface area contributed by atoms with Gasteiger partial charge in [0, 0.05) is 36.7 Å². The maximum atomic E-state index is 16.2. The quantitative estimate of drug-likeness (QED) is 0.00450. The van der Waals surface area contributed by atoms with Crippen LogP contribution in [0, 0.1) is 35.0 Å². The average molecular weight is 1490 g/mol. The van der Waals surface area contributed by atoms with Gasteiger partial charge in [0.15, 0.2) is 53.4 Å². The van der Waals surface area contributed by atoms with Crippen LogP contribution in [0.1, 0.15) is 90.2 Å². The Hall–Kier alpha value is -8.92. The molecule has 2 aliphatic rings. The number of nitrogens with one attached hydrogen (secondary N) is 5. The van der Waals surface area contributed by atoms with E-state index in [4.69, 9.17) is 56.0 Å². The Morgan fingerprint density at radius 2 is 1.49 bits per heavy atom. The maximum absolute atomic E-state index is 16.2. The summed E-state index contributed by atoms with van der Waals surface area (Å²) in [5, 5.41) is 12.8. The van der Waals surface area contributed by atoms with Crippen LogP contribution in [0.3, 0.4) is 0 Å². The molecule has 0 radical (unpaired) electrons. The van der Waals surface area contributed by atoms with Gasteiger partial charge in [-0.1, -0.05) is 39.3 Å². The van der Waals surface area contributed by atoms with Gasteiger partial charge in [-0.2, -0.15) is 8.78 Å². The fourth-order valence-corrected chi connectivity index (χ4v) is 12.8. The number of halogens is 6. The molecule has 7 amide bonds. The molecule has 2 aliphatic heterocycles. The van der Waals surface area contributed by atoms with Crippen molar-refractivity contribution in [2.45, 2.75) is 133 Å². The number of nitrogens with zero attached hydrogens (tertiary/aromatic N) is 9. The summed E-state index contributed by atoms with van der Waals surface area (Å²) in [7, 11) is -1.68. The summed E-state index contributed by atoms with van der Waals surface area (Å²) in [4.78, 5) is 137. The first-order chi connectivity index (χ1) is 48.0. The summed E-state index contributed by atoms with van der Waals surface area (Å²) in [5.41, 5.74) is 11.3. The first-order valence-electron chi connectivity index (χ1n) is 31.1. The Labute approximate surface area is 575 Å². The molecule has 2 aromatic carbocycles. The molecule has 11 N–H and O–H groups in total. The number of fused-ring (bicyclic) bond motifs is 2. The minimum atomic E-state index is -4.10. The number of rotatable bonds is 34. The largest absolute Gasteiger partial charge is 0.697 e. The van der Waals surface area contributed by atoms with Gasteiger partial charge in [-0.15, -0.1) is 9.05 Å². The summed E-state index contributed by atoms with van der Waals surface area (Å²) in [6.45, 7) is -0.957. The molecule has 548 valence electrons. The van der Waals surface area contributed by atoms with Gasteiger partial charge >= 0.3 is 32.4 Å². The molecule has 0 saturated carbocycles. The highest BCUT2D eigenvalue weighted by molar-refractivity contribution is 8.09. The van der Waals surface area contributed by atoms with E-state index in [1.54, 1.807) is 26.0 Å². The van der Waals surface area contributed by atoms with E-state index in [1.165, 1.54) is 47.3 Å². The number of anilines is 3. The molecule has 0 spiro atoms. The van der Waals surface area contributed by atoms with Crippen LogP contribution >= 0.6 is 14.7 Å². The van der Waals surface area contributed by atoms with E-state index < -0.39 is 172 Å². The second-order valence-electron chi connectivity index (χ2n) is 23.1. The summed E-state index contributed by atoms with van der Waals surface area (Å²) in [6.07, 6.45) is -4.09. The van der Waals surface area contributed by atoms with E-state index in [0.29, 0.717) is 31.2 Å². The van der Waals surface area contributed by atoms with Gasteiger partial charge in [-0.05, 0) is 61.1 Å². The minimum Gasteiger partial charge on any atom is -0.447 e. The monoisotopic (exact) mass is 1490 g/mol. The van der Waals surface area contributed by atoms with E-state index >= 15 is 4.39 Å². The smallest absolute Gasteiger partial charge is 0.447 e. The molecule has 10 atom stereocenters. The van der Waals surface area contributed by atoms with E-state index in [-0.39, 0.29) is 91.8 Å². The summed E-state index contributed by atoms with van der Waals surface area (Å²) in [6, 6.07) is 2.95. The predicted molar refractivity (Wildman–Crippen MR) is 343 cm³/mol. The van der Waals surface area contributed by atoms with Gasteiger partial charge in [0.1, 0.15) is 62.4 Å². The van der Waals surface area contributed by atoms with Gasteiger partial charge < -0.3 is 75.8 Å². The number of imidazole rings is 2. The third kappa shape index (κ3) is 20.4. The number of urea groups is 1. The van der Waals surface area contributed by atoms with Crippen LogP contribution in [0.25, 0.3) is 22.3 Å². The molecule has 0 bridgehead atoms. The molecule has 6 heterocycles. The van der Waals surface area contributed by atoms with Gasteiger partial charge in [0.05, 0.1) is 50.6 Å². The number of hydrogen-bond acceptors (Lipinski definition) is 24. The predicted octanol–water partition coefficient (Wildman–Crippen LogP) is 5.61. The lowest BCUT2D eigenvalue weighted by Gasteiger charge is -2.25. The van der Waals surface area contributed by atoms with Crippen molar-refractivity contribution in [2.75, 3.05) is 62.9 Å². The number of aromatic nitrogens is 8. The number of nitrogens with two attached hydrogens (primary N) is 2. The van der Waals surface area contributed by atoms with Crippen LogP contribution in [-0.2, 0) is 74.9 Å². The lowest BCUT2D eigenvalue weighted by atomic mass is 10.0. The number of likely N-dealkylation sites (N-methyl/N-ethyl adjacent to an activating group) is 1. The van der Waals surface area contributed by atoms with Crippen LogP contribution in [0.15, 0.2) is 49.6 Å². The van der Waals surface area contributed by atoms with Crippen molar-refractivity contribution in [2.24, 2.45) is 11.7 Å². The SMILES string of the molecule is CCC[C@H]1O[C@@H](n2cnc3c(N)ncnc32)[C@H](F)[C@@H]1O[P+](=O)OCC1O[C@@H](n2cnc3c(NC(=O)OCCN(C)C(=O)OCc4ccc(NC(=O)[C@H](CCCCNC(N)=O)NC(=O)[C@@H](NC(=O)CCOCCC(=O)Oc5c(F)c(F)c(F)c(F)c5F)C(C)C)cc4)ncnc32)C[C@@H]1P(O)(O)=S. The summed E-state index contributed by atoms with van der Waals surface area (Å²) in [5.74, 6) is -17.7. The van der Waals surface area contributed by atoms with Crippen LogP contribution in [-0.4, -0.2) is 184 Å². The first-order valence-corrected chi connectivity index (χ1v) is 34.9. The third-order valence-corrected chi connectivity index (χ3v) is 18.6. The van der Waals surface area contributed by atoms with Crippen LogP contribution < -0.4 is 42.8 Å². The highest BCUT2D eigenvalue weighted by Crippen LogP contribution is 2.53. The van der Waals surface area contributed by atoms with E-state index in [9.17, 15) is 69.9 Å². The van der Waals surface area contributed by atoms with E-state index in [0.717, 1.165) is 11.2 Å². The molecular formula is C58H71F6N16O18P2S+. The molecular weight excluding hydrogens is 1420 g/mol. The molecule has 2 unspecified atom stereocenters. The number of nitrogen functional groups attached to an aromatic ring is 1. The van der Waals surface area contributed by atoms with Gasteiger partial charge in [0.25, 0.3) is 0 Å². The Morgan fingerprint density at radius 1 is 0.822 bits per heavy atom. The molecule has 4 aromatic heterocycles. The molecule has 2 fully saturated rings. The number of esters is 1.